The molecule has 0 saturated carbocycles. The molecule has 0 saturated heterocycles. The van der Waals surface area contributed by atoms with Crippen molar-refractivity contribution in [1.29, 1.82) is 0 Å². The molecule has 0 amide bonds. The van der Waals surface area contributed by atoms with Crippen LogP contribution in [0.15, 0.2) is 72.8 Å². The number of carbonyl (C=O) groups is 2. The highest BCUT2D eigenvalue weighted by molar-refractivity contribution is 6.06. The molecule has 0 atom stereocenters. The summed E-state index contributed by atoms with van der Waals surface area (Å²) < 4.78 is 0. The zero-order chi connectivity index (χ0) is 21.7. The van der Waals surface area contributed by atoms with Crippen molar-refractivity contribution in [1.82, 2.24) is 0 Å². The molecule has 30 heavy (non-hydrogen) atoms. The maximum atomic E-state index is 11.1. The van der Waals surface area contributed by atoms with Crippen molar-refractivity contribution in [2.24, 2.45) is 0 Å². The molecule has 4 heteroatoms. The van der Waals surface area contributed by atoms with E-state index in [2.05, 4.69) is 11.8 Å². The molecule has 0 heterocycles. The van der Waals surface area contributed by atoms with Gasteiger partial charge in [-0.25, -0.2) is 9.59 Å². The van der Waals surface area contributed by atoms with Crippen molar-refractivity contribution in [2.75, 3.05) is 0 Å². The number of terminal acetylenes is 2. The van der Waals surface area contributed by atoms with Crippen LogP contribution in [0.2, 0.25) is 0 Å². The molecule has 0 fully saturated rings. The van der Waals surface area contributed by atoms with Crippen LogP contribution in [0.5, 0.6) is 0 Å². The maximum Gasteiger partial charge on any atom is 0.337 e. The molecule has 2 N–H and O–H groups in total. The van der Waals surface area contributed by atoms with Crippen molar-refractivity contribution in [3.05, 3.63) is 95.1 Å². The van der Waals surface area contributed by atoms with Crippen molar-refractivity contribution >= 4 is 33.5 Å². The monoisotopic (exact) mass is 392 g/mol. The normalized spacial score (nSPS) is 9.80. The van der Waals surface area contributed by atoms with Gasteiger partial charge in [-0.1, -0.05) is 66.4 Å². The highest BCUT2D eigenvalue weighted by Crippen LogP contribution is 2.22. The Morgan fingerprint density at radius 1 is 0.700 bits per heavy atom. The van der Waals surface area contributed by atoms with Gasteiger partial charge in [-0.3, -0.25) is 0 Å². The first kappa shape index (κ1) is 20.2. The smallest absolute Gasteiger partial charge is 0.337 e. The fourth-order valence-corrected chi connectivity index (χ4v) is 3.19. The molecular weight excluding hydrogens is 376 g/mol. The Balaban J connectivity index is 0.000000171. The van der Waals surface area contributed by atoms with Crippen LogP contribution in [-0.2, 0) is 0 Å². The number of carboxylic acids is 2. The SMILES string of the molecule is C#Cc1cc(C(=O)O)c2ccccc2c1.C#Cc1ccc2ccccc2c1C(=O)O. The largest absolute Gasteiger partial charge is 0.478 e. The van der Waals surface area contributed by atoms with E-state index in [-0.39, 0.29) is 11.1 Å². The Labute approximate surface area is 173 Å². The van der Waals surface area contributed by atoms with E-state index in [1.165, 1.54) is 6.07 Å². The van der Waals surface area contributed by atoms with Crippen LogP contribution in [0.25, 0.3) is 21.5 Å². The summed E-state index contributed by atoms with van der Waals surface area (Å²) in [4.78, 5) is 22.1. The van der Waals surface area contributed by atoms with Crippen molar-refractivity contribution < 1.29 is 19.8 Å². The molecule has 144 valence electrons. The van der Waals surface area contributed by atoms with E-state index in [0.29, 0.717) is 21.9 Å². The lowest BCUT2D eigenvalue weighted by atomic mass is 9.99. The standard InChI is InChI=1S/2C13H8O2/c1-2-9-7-10-5-3-4-6-11(10)12(8-9)13(14)15;1-2-9-7-8-10-5-3-4-6-11(10)12(9)13(14)15/h2*1,3-8H,(H,14,15). The predicted octanol–water partition coefficient (Wildman–Crippen LogP) is 5.04. The summed E-state index contributed by atoms with van der Waals surface area (Å²) in [6.45, 7) is 0. The summed E-state index contributed by atoms with van der Waals surface area (Å²) in [5.41, 5.74) is 1.46. The van der Waals surface area contributed by atoms with Gasteiger partial charge in [0.2, 0.25) is 0 Å². The van der Waals surface area contributed by atoms with Crippen LogP contribution < -0.4 is 0 Å². The highest BCUT2D eigenvalue weighted by atomic mass is 16.4. The average Bonchev–Trinajstić information content (AvgIpc) is 2.77. The third-order valence-electron chi connectivity index (χ3n) is 4.56. The van der Waals surface area contributed by atoms with Crippen LogP contribution in [0, 0.1) is 24.7 Å². The quantitative estimate of drug-likeness (QED) is 0.469. The highest BCUT2D eigenvalue weighted by Gasteiger charge is 2.12. The summed E-state index contributed by atoms with van der Waals surface area (Å²) in [5, 5.41) is 21.3. The minimum atomic E-state index is -0.986. The first-order chi connectivity index (χ1) is 14.5. The van der Waals surface area contributed by atoms with E-state index in [1.807, 2.05) is 42.5 Å². The summed E-state index contributed by atoms with van der Waals surface area (Å²) in [7, 11) is 0. The lowest BCUT2D eigenvalue weighted by Crippen LogP contribution is -2.01. The van der Waals surface area contributed by atoms with Gasteiger partial charge in [-0.2, -0.15) is 0 Å². The second-order valence-corrected chi connectivity index (χ2v) is 6.35. The molecule has 4 aromatic carbocycles. The van der Waals surface area contributed by atoms with E-state index in [1.54, 1.807) is 24.3 Å². The number of fused-ring (bicyclic) bond motifs is 2. The van der Waals surface area contributed by atoms with Crippen LogP contribution >= 0.6 is 0 Å². The van der Waals surface area contributed by atoms with E-state index in [4.69, 9.17) is 23.1 Å². The Bertz CT molecular complexity index is 1370. The van der Waals surface area contributed by atoms with Gasteiger partial charge in [0.1, 0.15) is 0 Å². The van der Waals surface area contributed by atoms with Crippen LogP contribution in [0.4, 0.5) is 0 Å². The fourth-order valence-electron chi connectivity index (χ4n) is 3.19. The molecule has 0 aliphatic carbocycles. The van der Waals surface area contributed by atoms with Gasteiger partial charge >= 0.3 is 11.9 Å². The van der Waals surface area contributed by atoms with Crippen molar-refractivity contribution in [3.8, 4) is 24.7 Å². The number of hydrogen-bond donors (Lipinski definition) is 2. The summed E-state index contributed by atoms with van der Waals surface area (Å²) in [6, 6.07) is 21.4. The zero-order valence-electron chi connectivity index (χ0n) is 15.8. The second kappa shape index (κ2) is 8.65. The fraction of sp³-hybridized carbons (Fsp3) is 0. The first-order valence-electron chi connectivity index (χ1n) is 8.90. The van der Waals surface area contributed by atoms with E-state index in [9.17, 15) is 9.59 Å². The number of benzene rings is 4. The Morgan fingerprint density at radius 3 is 1.93 bits per heavy atom. The van der Waals surface area contributed by atoms with Gasteiger partial charge in [-0.15, -0.1) is 12.8 Å². The Kier molecular flexibility index (Phi) is 5.82. The minimum absolute atomic E-state index is 0.204. The van der Waals surface area contributed by atoms with E-state index in [0.717, 1.165) is 10.8 Å². The van der Waals surface area contributed by atoms with Gasteiger partial charge in [0, 0.05) is 11.1 Å². The second-order valence-electron chi connectivity index (χ2n) is 6.35. The number of carboxylic acid groups (broad SMARTS) is 2. The lowest BCUT2D eigenvalue weighted by Gasteiger charge is -2.04. The van der Waals surface area contributed by atoms with Crippen molar-refractivity contribution in [3.63, 3.8) is 0 Å². The van der Waals surface area contributed by atoms with Crippen LogP contribution in [0.1, 0.15) is 31.8 Å². The van der Waals surface area contributed by atoms with Crippen LogP contribution in [0.3, 0.4) is 0 Å². The molecule has 4 aromatic rings. The minimum Gasteiger partial charge on any atom is -0.478 e. The molecule has 0 unspecified atom stereocenters. The Morgan fingerprint density at radius 2 is 1.33 bits per heavy atom. The third-order valence-corrected chi connectivity index (χ3v) is 4.56. The van der Waals surface area contributed by atoms with Gasteiger partial charge in [0.25, 0.3) is 0 Å². The molecule has 0 bridgehead atoms. The lowest BCUT2D eigenvalue weighted by molar-refractivity contribution is 0.0688. The van der Waals surface area contributed by atoms with Gasteiger partial charge in [0.05, 0.1) is 11.1 Å². The number of rotatable bonds is 2. The molecule has 0 spiro atoms. The average molecular weight is 392 g/mol. The van der Waals surface area contributed by atoms with Gasteiger partial charge < -0.3 is 10.2 Å². The number of aromatic carboxylic acids is 2. The first-order valence-corrected chi connectivity index (χ1v) is 8.90. The molecule has 0 radical (unpaired) electrons. The molecule has 4 nitrogen and oxygen atoms in total. The maximum absolute atomic E-state index is 11.1. The predicted molar refractivity (Wildman–Crippen MR) is 118 cm³/mol. The van der Waals surface area contributed by atoms with E-state index < -0.39 is 11.9 Å². The molecule has 0 aromatic heterocycles. The summed E-state index contributed by atoms with van der Waals surface area (Å²) in [6.07, 6.45) is 10.5. The number of hydrogen-bond acceptors (Lipinski definition) is 2. The van der Waals surface area contributed by atoms with Gasteiger partial charge in [-0.05, 0) is 39.7 Å². The van der Waals surface area contributed by atoms with Crippen molar-refractivity contribution in [2.45, 2.75) is 0 Å². The summed E-state index contributed by atoms with van der Waals surface area (Å²) >= 11 is 0. The van der Waals surface area contributed by atoms with E-state index >= 15 is 0 Å². The third kappa shape index (κ3) is 3.99. The molecule has 0 aliphatic heterocycles. The summed E-state index contributed by atoms with van der Waals surface area (Å²) in [5.74, 6) is 2.90. The van der Waals surface area contributed by atoms with Crippen LogP contribution in [-0.4, -0.2) is 22.2 Å². The Hall–Kier alpha value is -4.54. The molecule has 0 aliphatic rings. The topological polar surface area (TPSA) is 74.6 Å². The zero-order valence-corrected chi connectivity index (χ0v) is 15.8. The van der Waals surface area contributed by atoms with Gasteiger partial charge in [0.15, 0.2) is 0 Å². The molecule has 4 rings (SSSR count). The molecular formula is C26H16O4.